The monoisotopic (exact) mass is 203 g/mol. The second kappa shape index (κ2) is 4.79. The zero-order valence-corrected chi connectivity index (χ0v) is 7.33. The number of amides is 2. The zero-order chi connectivity index (χ0) is 5.28. The summed E-state index contributed by atoms with van der Waals surface area (Å²) in [5, 5.41) is 3.00. The van der Waals surface area contributed by atoms with Gasteiger partial charge in [0.15, 0.2) is 0 Å². The Bertz CT molecular complexity index is 138. The van der Waals surface area contributed by atoms with Crippen molar-refractivity contribution in [3.63, 3.8) is 0 Å². The Morgan fingerprint density at radius 1 is 1.11 bits per heavy atom. The van der Waals surface area contributed by atoms with Gasteiger partial charge in [-0.3, -0.25) is 0 Å². The van der Waals surface area contributed by atoms with E-state index in [4.69, 9.17) is 0 Å². The first-order valence-corrected chi connectivity index (χ1v) is 1.77. The maximum atomic E-state index is 9.98. The zero-order valence-electron chi connectivity index (χ0n) is 4.50. The molecule has 1 rings (SSSR count). The predicted octanol–water partition coefficient (Wildman–Crippen LogP) is -0.844. The number of nitrogens with zero attached hydrogens (tertiary/aromatic N) is 1. The van der Waals surface area contributed by atoms with E-state index in [2.05, 4.69) is 5.32 Å². The van der Waals surface area contributed by atoms with E-state index >= 15 is 0 Å². The molecule has 0 aromatic carbocycles. The summed E-state index contributed by atoms with van der Waals surface area (Å²) in [6.45, 7) is 0. The molecule has 47 valence electrons. The normalized spacial score (nSPS) is 13.8. The fourth-order valence-corrected chi connectivity index (χ4v) is 0.326. The third-order valence-electron chi connectivity index (χ3n) is 0.589. The molecular formula is C4H4NO3Y-. The van der Waals surface area contributed by atoms with Gasteiger partial charge in [-0.2, -0.15) is 0 Å². The van der Waals surface area contributed by atoms with Crippen molar-refractivity contribution < 1.29 is 47.8 Å². The molecule has 2 N–H and O–H groups in total. The van der Waals surface area contributed by atoms with Gasteiger partial charge in [0.1, 0.15) is 0 Å². The summed E-state index contributed by atoms with van der Waals surface area (Å²) in [7, 11) is 0. The molecule has 0 aromatic heterocycles. The first-order valence-electron chi connectivity index (χ1n) is 1.77. The Kier molecular flexibility index (Phi) is 6.23. The third kappa shape index (κ3) is 3.51. The number of rotatable bonds is 0. The average molecular weight is 203 g/mol. The van der Waals surface area contributed by atoms with E-state index in [0.717, 1.165) is 12.2 Å². The molecule has 1 aliphatic rings. The quantitative estimate of drug-likeness (QED) is 0.481. The Hall–Kier alpha value is -0.0561. The van der Waals surface area contributed by atoms with Crippen molar-refractivity contribution in [2.45, 2.75) is 0 Å². The summed E-state index contributed by atoms with van der Waals surface area (Å²) in [6, 6.07) is 0. The first-order chi connectivity index (χ1) is 3.29. The molecule has 1 heterocycles. The number of carbonyl (C=O) groups is 2. The summed E-state index contributed by atoms with van der Waals surface area (Å²) >= 11 is 0. The minimum Gasteiger partial charge on any atom is -0.589 e. The van der Waals surface area contributed by atoms with Crippen molar-refractivity contribution in [3.8, 4) is 0 Å². The van der Waals surface area contributed by atoms with E-state index < -0.39 is 11.8 Å². The Morgan fingerprint density at radius 2 is 1.44 bits per heavy atom. The van der Waals surface area contributed by atoms with Gasteiger partial charge in [0.25, 0.3) is 0 Å². The van der Waals surface area contributed by atoms with Crippen molar-refractivity contribution in [3.05, 3.63) is 17.5 Å². The summed E-state index contributed by atoms with van der Waals surface area (Å²) in [5.41, 5.74) is 0. The number of hydrogen-bond donors (Lipinski definition) is 0. The summed E-state index contributed by atoms with van der Waals surface area (Å²) < 4.78 is 0. The smallest absolute Gasteiger partial charge is 0.0803 e. The minimum atomic E-state index is -0.454. The fourth-order valence-electron chi connectivity index (χ4n) is 0.326. The average Bonchev–Trinajstić information content (AvgIpc) is 1.87. The van der Waals surface area contributed by atoms with Crippen LogP contribution in [0, 0.1) is 0 Å². The van der Waals surface area contributed by atoms with Crippen LogP contribution in [0.5, 0.6) is 0 Å². The molecule has 0 saturated carbocycles. The van der Waals surface area contributed by atoms with Crippen LogP contribution in [-0.4, -0.2) is 17.3 Å². The van der Waals surface area contributed by atoms with Gasteiger partial charge in [0.2, 0.25) is 0 Å². The van der Waals surface area contributed by atoms with Gasteiger partial charge in [-0.05, 0) is 12.2 Å². The van der Waals surface area contributed by atoms with Crippen LogP contribution in [0.3, 0.4) is 0 Å². The third-order valence-corrected chi connectivity index (χ3v) is 0.589. The summed E-state index contributed by atoms with van der Waals surface area (Å²) in [6.07, 6.45) is 2.28. The largest absolute Gasteiger partial charge is 0.589 e. The molecule has 9 heavy (non-hydrogen) atoms. The van der Waals surface area contributed by atoms with Crippen LogP contribution < -0.4 is 0 Å². The van der Waals surface area contributed by atoms with Gasteiger partial charge in [0.05, 0.1) is 11.8 Å². The topological polar surface area (TPSA) is 79.7 Å². The SMILES string of the molecule is O.O=C1C=CC(=O)[N-]1.[Y]. The van der Waals surface area contributed by atoms with E-state index in [1.165, 1.54) is 0 Å². The molecule has 0 unspecified atom stereocenters. The molecule has 0 bridgehead atoms. The standard InChI is InChI=1S/C4H3NO2.H2O.Y/c6-3-1-2-4(7)5-3;;/h1-2H,(H,5,6,7);1H2;/p-1. The van der Waals surface area contributed by atoms with Gasteiger partial charge in [0, 0.05) is 32.7 Å². The van der Waals surface area contributed by atoms with Gasteiger partial charge >= 0.3 is 0 Å². The van der Waals surface area contributed by atoms with Crippen molar-refractivity contribution in [1.82, 2.24) is 0 Å². The maximum Gasteiger partial charge on any atom is 0.0803 e. The van der Waals surface area contributed by atoms with Crippen LogP contribution in [0.15, 0.2) is 12.2 Å². The first kappa shape index (κ1) is 11.7. The van der Waals surface area contributed by atoms with Gasteiger partial charge in [-0.1, -0.05) is 0 Å². The fraction of sp³-hybridized carbons (Fsp3) is 0. The molecule has 0 fully saturated rings. The molecule has 0 aliphatic carbocycles. The molecule has 4 nitrogen and oxygen atoms in total. The van der Waals surface area contributed by atoms with Crippen LogP contribution in [0.4, 0.5) is 0 Å². The molecule has 2 amide bonds. The number of imide groups is 1. The predicted molar refractivity (Wildman–Crippen MR) is 26.1 cm³/mol. The molecule has 0 saturated heterocycles. The summed E-state index contributed by atoms with van der Waals surface area (Å²) in [4.78, 5) is 20.0. The van der Waals surface area contributed by atoms with E-state index in [9.17, 15) is 9.59 Å². The second-order valence-electron chi connectivity index (χ2n) is 1.12. The van der Waals surface area contributed by atoms with Crippen LogP contribution >= 0.6 is 0 Å². The van der Waals surface area contributed by atoms with Gasteiger partial charge < -0.3 is 20.4 Å². The molecule has 1 aliphatic heterocycles. The molecule has 0 atom stereocenters. The summed E-state index contributed by atoms with van der Waals surface area (Å²) in [5.74, 6) is -0.907. The molecule has 5 heteroatoms. The van der Waals surface area contributed by atoms with E-state index in [0.29, 0.717) is 0 Å². The van der Waals surface area contributed by atoms with Crippen LogP contribution in [0.1, 0.15) is 0 Å². The maximum absolute atomic E-state index is 9.98. The van der Waals surface area contributed by atoms with Crippen molar-refractivity contribution in [2.75, 3.05) is 0 Å². The van der Waals surface area contributed by atoms with Crippen LogP contribution in [0.25, 0.3) is 5.32 Å². The Balaban J connectivity index is 0. The molecule has 1 radical (unpaired) electrons. The van der Waals surface area contributed by atoms with Gasteiger partial charge in [-0.25, -0.2) is 0 Å². The Labute approximate surface area is 76.9 Å². The second-order valence-corrected chi connectivity index (χ2v) is 1.12. The van der Waals surface area contributed by atoms with E-state index in [1.807, 2.05) is 0 Å². The molecular weight excluding hydrogens is 199 g/mol. The van der Waals surface area contributed by atoms with E-state index in [-0.39, 0.29) is 38.2 Å². The number of carbonyl (C=O) groups excluding carboxylic acids is 2. The van der Waals surface area contributed by atoms with Crippen LogP contribution in [0.2, 0.25) is 0 Å². The minimum absolute atomic E-state index is 0. The van der Waals surface area contributed by atoms with Gasteiger partial charge in [-0.15, -0.1) is 0 Å². The Morgan fingerprint density at radius 3 is 1.56 bits per heavy atom. The van der Waals surface area contributed by atoms with Crippen molar-refractivity contribution in [1.29, 1.82) is 0 Å². The molecule has 0 aromatic rings. The number of hydrogen-bond acceptors (Lipinski definition) is 2. The van der Waals surface area contributed by atoms with E-state index in [1.54, 1.807) is 0 Å². The van der Waals surface area contributed by atoms with Crippen molar-refractivity contribution in [2.24, 2.45) is 0 Å². The molecule has 0 spiro atoms. The van der Waals surface area contributed by atoms with Crippen LogP contribution in [-0.2, 0) is 42.3 Å². The van der Waals surface area contributed by atoms with Crippen molar-refractivity contribution >= 4 is 11.8 Å².